The fourth-order valence-electron chi connectivity index (χ4n) is 2.52. The molecule has 1 aliphatic rings. The van der Waals surface area contributed by atoms with Gasteiger partial charge in [-0.15, -0.1) is 0 Å². The molecular weight excluding hydrogens is 224 g/mol. The highest BCUT2D eigenvalue weighted by Gasteiger charge is 2.25. The molecular formula is C15H32N2O. The van der Waals surface area contributed by atoms with Crippen molar-refractivity contribution in [3.63, 3.8) is 0 Å². The molecule has 1 atom stereocenters. The van der Waals surface area contributed by atoms with Crippen LogP contribution < -0.4 is 5.32 Å². The van der Waals surface area contributed by atoms with Crippen LogP contribution in [0.15, 0.2) is 0 Å². The van der Waals surface area contributed by atoms with Gasteiger partial charge in [-0.3, -0.25) is 0 Å². The molecule has 1 unspecified atom stereocenters. The topological polar surface area (TPSA) is 35.5 Å². The summed E-state index contributed by atoms with van der Waals surface area (Å²) < 4.78 is 0. The maximum atomic E-state index is 10.1. The molecule has 0 radical (unpaired) electrons. The van der Waals surface area contributed by atoms with E-state index in [0.717, 1.165) is 51.0 Å². The third-order valence-corrected chi connectivity index (χ3v) is 4.02. The third-order valence-electron chi connectivity index (χ3n) is 4.02. The lowest BCUT2D eigenvalue weighted by molar-refractivity contribution is 0.00662. The van der Waals surface area contributed by atoms with Crippen molar-refractivity contribution in [1.29, 1.82) is 0 Å². The second-order valence-corrected chi connectivity index (χ2v) is 6.62. The van der Waals surface area contributed by atoms with Crippen LogP contribution in [0.3, 0.4) is 0 Å². The van der Waals surface area contributed by atoms with E-state index in [4.69, 9.17) is 0 Å². The largest absolute Gasteiger partial charge is 0.389 e. The monoisotopic (exact) mass is 256 g/mol. The molecule has 1 rings (SSSR count). The van der Waals surface area contributed by atoms with Crippen molar-refractivity contribution in [2.45, 2.75) is 52.6 Å². The van der Waals surface area contributed by atoms with Crippen LogP contribution in [0.1, 0.15) is 47.0 Å². The van der Waals surface area contributed by atoms with E-state index in [1.54, 1.807) is 0 Å². The highest BCUT2D eigenvalue weighted by molar-refractivity contribution is 4.80. The molecule has 3 heteroatoms. The van der Waals surface area contributed by atoms with Crippen LogP contribution in [0.2, 0.25) is 0 Å². The summed E-state index contributed by atoms with van der Waals surface area (Å²) in [4.78, 5) is 2.42. The Morgan fingerprint density at radius 1 is 1.33 bits per heavy atom. The highest BCUT2D eigenvalue weighted by atomic mass is 16.3. The Labute approximate surface area is 113 Å². The zero-order valence-electron chi connectivity index (χ0n) is 12.7. The van der Waals surface area contributed by atoms with Gasteiger partial charge in [0.1, 0.15) is 0 Å². The van der Waals surface area contributed by atoms with Gasteiger partial charge in [-0.2, -0.15) is 0 Å². The fraction of sp³-hybridized carbons (Fsp3) is 1.00. The number of nitrogens with one attached hydrogen (secondary N) is 1. The Bertz CT molecular complexity index is 221. The second-order valence-electron chi connectivity index (χ2n) is 6.62. The van der Waals surface area contributed by atoms with E-state index in [2.05, 4.69) is 31.0 Å². The van der Waals surface area contributed by atoms with Gasteiger partial charge in [-0.1, -0.05) is 20.8 Å². The summed E-state index contributed by atoms with van der Waals surface area (Å²) in [6.07, 6.45) is 3.37. The zero-order chi connectivity index (χ0) is 13.6. The minimum absolute atomic E-state index is 0.511. The van der Waals surface area contributed by atoms with Crippen LogP contribution in [0.5, 0.6) is 0 Å². The lowest BCUT2D eigenvalue weighted by Crippen LogP contribution is -2.45. The van der Waals surface area contributed by atoms with Crippen molar-refractivity contribution in [3.05, 3.63) is 0 Å². The molecule has 0 amide bonds. The van der Waals surface area contributed by atoms with Gasteiger partial charge in [0.25, 0.3) is 0 Å². The normalized spacial score (nSPS) is 22.3. The van der Waals surface area contributed by atoms with Gasteiger partial charge in [-0.25, -0.2) is 0 Å². The van der Waals surface area contributed by atoms with Gasteiger partial charge < -0.3 is 15.3 Å². The van der Waals surface area contributed by atoms with E-state index < -0.39 is 5.60 Å². The Hall–Kier alpha value is -0.120. The maximum Gasteiger partial charge on any atom is 0.0743 e. The van der Waals surface area contributed by atoms with Gasteiger partial charge in [0.2, 0.25) is 0 Å². The molecule has 1 saturated heterocycles. The first-order valence-electron chi connectivity index (χ1n) is 7.58. The number of β-amino-alcohol motifs (C(OH)–C–C–N with tert-alkyl or cyclic N) is 1. The smallest absolute Gasteiger partial charge is 0.0743 e. The summed E-state index contributed by atoms with van der Waals surface area (Å²) in [5, 5.41) is 13.7. The van der Waals surface area contributed by atoms with Crippen molar-refractivity contribution >= 4 is 0 Å². The molecule has 3 nitrogen and oxygen atoms in total. The van der Waals surface area contributed by atoms with Crippen molar-refractivity contribution < 1.29 is 5.11 Å². The molecule has 18 heavy (non-hydrogen) atoms. The summed E-state index contributed by atoms with van der Waals surface area (Å²) in [5.41, 5.74) is -0.511. The van der Waals surface area contributed by atoms with E-state index in [9.17, 15) is 5.11 Å². The molecule has 0 aromatic heterocycles. The highest BCUT2D eigenvalue weighted by Crippen LogP contribution is 2.19. The molecule has 0 bridgehead atoms. The Morgan fingerprint density at radius 3 is 2.44 bits per heavy atom. The van der Waals surface area contributed by atoms with E-state index in [1.807, 2.05) is 6.92 Å². The van der Waals surface area contributed by atoms with Crippen LogP contribution in [0.4, 0.5) is 0 Å². The minimum atomic E-state index is -0.511. The average molecular weight is 256 g/mol. The number of piperidine rings is 1. The third kappa shape index (κ3) is 6.17. The number of rotatable bonds is 7. The van der Waals surface area contributed by atoms with E-state index in [-0.39, 0.29) is 0 Å². The lowest BCUT2D eigenvalue weighted by atomic mass is 9.94. The molecule has 1 heterocycles. The molecule has 0 spiro atoms. The summed E-state index contributed by atoms with van der Waals surface area (Å²) >= 11 is 0. The first kappa shape index (κ1) is 15.9. The quantitative estimate of drug-likeness (QED) is 0.732. The molecule has 0 aromatic rings. The van der Waals surface area contributed by atoms with Crippen molar-refractivity contribution in [2.75, 3.05) is 32.7 Å². The first-order chi connectivity index (χ1) is 8.43. The summed E-state index contributed by atoms with van der Waals surface area (Å²) in [6.45, 7) is 13.9. The molecule has 0 aromatic carbocycles. The minimum Gasteiger partial charge on any atom is -0.389 e. The number of nitrogens with zero attached hydrogens (tertiary/aromatic N) is 1. The lowest BCUT2D eigenvalue weighted by Gasteiger charge is -2.36. The first-order valence-corrected chi connectivity index (χ1v) is 7.58. The van der Waals surface area contributed by atoms with Crippen molar-refractivity contribution in [3.8, 4) is 0 Å². The molecule has 1 fully saturated rings. The number of hydrogen-bond donors (Lipinski definition) is 2. The number of hydrogen-bond acceptors (Lipinski definition) is 3. The standard InChI is InChI=1S/C15H32N2O/c1-5-15(4,18)12-17-8-6-14(7-9-17)11-16-10-13(2)3/h13-14,16,18H,5-12H2,1-4H3. The van der Waals surface area contributed by atoms with Crippen molar-refractivity contribution in [2.24, 2.45) is 11.8 Å². The molecule has 108 valence electrons. The van der Waals surface area contributed by atoms with Gasteiger partial charge >= 0.3 is 0 Å². The summed E-state index contributed by atoms with van der Waals surface area (Å²) in [6, 6.07) is 0. The second kappa shape index (κ2) is 7.46. The molecule has 1 aliphatic heterocycles. The van der Waals surface area contributed by atoms with E-state index in [1.165, 1.54) is 12.8 Å². The predicted octanol–water partition coefficient (Wildman–Crippen LogP) is 2.10. The molecule has 2 N–H and O–H groups in total. The van der Waals surface area contributed by atoms with Gasteiger partial charge in [-0.05, 0) is 64.2 Å². The van der Waals surface area contributed by atoms with Crippen LogP contribution in [0.25, 0.3) is 0 Å². The molecule has 0 saturated carbocycles. The number of aliphatic hydroxyl groups is 1. The zero-order valence-corrected chi connectivity index (χ0v) is 12.7. The van der Waals surface area contributed by atoms with Crippen LogP contribution in [-0.4, -0.2) is 48.3 Å². The Kier molecular flexibility index (Phi) is 6.61. The van der Waals surface area contributed by atoms with E-state index >= 15 is 0 Å². The van der Waals surface area contributed by atoms with E-state index in [0.29, 0.717) is 0 Å². The van der Waals surface area contributed by atoms with Crippen LogP contribution in [-0.2, 0) is 0 Å². The molecule has 0 aliphatic carbocycles. The number of likely N-dealkylation sites (tertiary alicyclic amines) is 1. The van der Waals surface area contributed by atoms with Gasteiger partial charge in [0.15, 0.2) is 0 Å². The summed E-state index contributed by atoms with van der Waals surface area (Å²) in [7, 11) is 0. The average Bonchev–Trinajstić information content (AvgIpc) is 2.31. The predicted molar refractivity (Wildman–Crippen MR) is 77.8 cm³/mol. The van der Waals surface area contributed by atoms with Gasteiger partial charge in [0.05, 0.1) is 5.60 Å². The Balaban J connectivity index is 2.16. The van der Waals surface area contributed by atoms with Gasteiger partial charge in [0, 0.05) is 6.54 Å². The van der Waals surface area contributed by atoms with Crippen LogP contribution in [0, 0.1) is 11.8 Å². The van der Waals surface area contributed by atoms with Crippen LogP contribution >= 0.6 is 0 Å². The summed E-state index contributed by atoms with van der Waals surface area (Å²) in [5.74, 6) is 1.57. The van der Waals surface area contributed by atoms with Crippen molar-refractivity contribution in [1.82, 2.24) is 10.2 Å². The maximum absolute atomic E-state index is 10.1. The SMILES string of the molecule is CCC(C)(O)CN1CCC(CNCC(C)C)CC1. The Morgan fingerprint density at radius 2 is 1.94 bits per heavy atom. The fourth-order valence-corrected chi connectivity index (χ4v) is 2.52.